The van der Waals surface area contributed by atoms with Gasteiger partial charge < -0.3 is 9.47 Å². The summed E-state index contributed by atoms with van der Waals surface area (Å²) in [5.41, 5.74) is 0. The summed E-state index contributed by atoms with van der Waals surface area (Å²) >= 11 is 0. The van der Waals surface area contributed by atoms with E-state index < -0.39 is 13.1 Å². The van der Waals surface area contributed by atoms with E-state index in [1.165, 1.54) is 7.11 Å². The molecule has 0 N–H and O–H groups in total. The van der Waals surface area contributed by atoms with Crippen LogP contribution < -0.4 is 20.7 Å². The first-order valence-corrected chi connectivity index (χ1v) is 9.63. The van der Waals surface area contributed by atoms with Gasteiger partial charge in [0.05, 0.1) is 14.2 Å². The lowest BCUT2D eigenvalue weighted by Gasteiger charge is -2.32. The number of methoxy groups -OCH3 is 1. The number of nitrogens with zero attached hydrogens (tertiary/aromatic N) is 1. The lowest BCUT2D eigenvalue weighted by atomic mass is 10.3. The minimum absolute atomic E-state index is 0.580. The van der Waals surface area contributed by atoms with Gasteiger partial charge in [-0.15, -0.1) is 0 Å². The first kappa shape index (κ1) is 15.7. The topological polar surface area (TPSA) is 47.9 Å². The van der Waals surface area contributed by atoms with Gasteiger partial charge >= 0.3 is 6.09 Å². The van der Waals surface area contributed by atoms with Crippen LogP contribution in [-0.4, -0.2) is 13.2 Å². The molecule has 1 aliphatic rings. The summed E-state index contributed by atoms with van der Waals surface area (Å²) in [6, 6.07) is 25.4. The monoisotopic (exact) mass is 349 g/mol. The molecule has 4 rings (SSSR count). The zero-order chi connectivity index (χ0) is 17.3. The van der Waals surface area contributed by atoms with Crippen LogP contribution >= 0.6 is 7.05 Å². The predicted octanol–water partition coefficient (Wildman–Crippen LogP) is 4.04. The fourth-order valence-corrected chi connectivity index (χ4v) is 6.68. The molecule has 124 valence electrons. The van der Waals surface area contributed by atoms with Gasteiger partial charge in [0, 0.05) is 15.9 Å². The Bertz CT molecular complexity index is 949. The van der Waals surface area contributed by atoms with Crippen molar-refractivity contribution >= 4 is 29.1 Å². The van der Waals surface area contributed by atoms with Crippen molar-refractivity contribution in [1.29, 1.82) is 0 Å². The normalized spacial score (nSPS) is 13.8. The molecule has 5 heteroatoms. The molecule has 0 saturated heterocycles. The standard InChI is InChI=1S/C20H16NO3P/c1-23-20(22)21-25(15-9-3-2-4-10-15)18-13-7-5-11-16(18)24-17-12-6-8-14-19(17)25/h2-14H,1H3. The SMILES string of the molecule is COC(=O)N=P1(c2ccccc2)c2ccccc2Oc2ccccc21. The highest BCUT2D eigenvalue weighted by atomic mass is 31.2. The van der Waals surface area contributed by atoms with Crippen molar-refractivity contribution in [3.63, 3.8) is 0 Å². The summed E-state index contributed by atoms with van der Waals surface area (Å²) in [6.07, 6.45) is -0.580. The van der Waals surface area contributed by atoms with E-state index in [4.69, 9.17) is 9.47 Å². The fraction of sp³-hybridized carbons (Fsp3) is 0.0500. The number of hydrogen-bond acceptors (Lipinski definition) is 3. The molecule has 3 aromatic carbocycles. The van der Waals surface area contributed by atoms with Gasteiger partial charge in [-0.3, -0.25) is 0 Å². The highest BCUT2D eigenvalue weighted by molar-refractivity contribution is 7.88. The maximum absolute atomic E-state index is 12.3. The Hall–Kier alpha value is -2.84. The number of rotatable bonds is 1. The van der Waals surface area contributed by atoms with Crippen LogP contribution in [0.2, 0.25) is 0 Å². The number of hydrogen-bond donors (Lipinski definition) is 0. The summed E-state index contributed by atoms with van der Waals surface area (Å²) in [7, 11) is -1.22. The molecule has 0 atom stereocenters. The number of carbonyl (C=O) groups excluding carboxylic acids is 1. The number of ether oxygens (including phenoxy) is 2. The second-order valence-electron chi connectivity index (χ2n) is 5.58. The molecule has 1 heterocycles. The number of para-hydroxylation sites is 2. The number of amides is 1. The highest BCUT2D eigenvalue weighted by Gasteiger charge is 2.37. The van der Waals surface area contributed by atoms with E-state index >= 15 is 0 Å². The first-order valence-electron chi connectivity index (χ1n) is 7.88. The zero-order valence-electron chi connectivity index (χ0n) is 13.6. The molecule has 3 aromatic rings. The molecule has 0 unspecified atom stereocenters. The molecule has 0 fully saturated rings. The third-order valence-electron chi connectivity index (χ3n) is 4.18. The van der Waals surface area contributed by atoms with Crippen molar-refractivity contribution in [3.8, 4) is 11.5 Å². The van der Waals surface area contributed by atoms with Crippen molar-refractivity contribution in [2.75, 3.05) is 7.11 Å². The number of carbonyl (C=O) groups is 1. The Morgan fingerprint density at radius 3 is 1.92 bits per heavy atom. The van der Waals surface area contributed by atoms with Crippen LogP contribution in [0, 0.1) is 0 Å². The molecule has 25 heavy (non-hydrogen) atoms. The summed E-state index contributed by atoms with van der Waals surface area (Å²) < 4.78 is 15.6. The summed E-state index contributed by atoms with van der Waals surface area (Å²) in [5, 5.41) is 2.83. The van der Waals surface area contributed by atoms with Crippen LogP contribution in [0.4, 0.5) is 4.79 Å². The Balaban J connectivity index is 2.18. The fourth-order valence-electron chi connectivity index (χ4n) is 3.12. The molecule has 0 bridgehead atoms. The summed E-state index contributed by atoms with van der Waals surface area (Å²) in [6.45, 7) is 0. The average Bonchev–Trinajstić information content (AvgIpc) is 2.68. The molecular weight excluding hydrogens is 333 g/mol. The van der Waals surface area contributed by atoms with Gasteiger partial charge in [0.1, 0.15) is 11.5 Å². The van der Waals surface area contributed by atoms with Crippen LogP contribution in [0.3, 0.4) is 0 Å². The van der Waals surface area contributed by atoms with Gasteiger partial charge in [-0.2, -0.15) is 4.74 Å². The second-order valence-corrected chi connectivity index (χ2v) is 8.53. The molecule has 0 aromatic heterocycles. The van der Waals surface area contributed by atoms with Crippen molar-refractivity contribution in [3.05, 3.63) is 78.9 Å². The van der Waals surface area contributed by atoms with Crippen LogP contribution in [0.25, 0.3) is 0 Å². The summed E-state index contributed by atoms with van der Waals surface area (Å²) in [5.74, 6) is 1.46. The van der Waals surface area contributed by atoms with Crippen LogP contribution in [0.15, 0.2) is 83.6 Å². The van der Waals surface area contributed by atoms with Gasteiger partial charge in [-0.25, -0.2) is 4.79 Å². The maximum atomic E-state index is 12.3. The smallest absolute Gasteiger partial charge is 0.432 e. The van der Waals surface area contributed by atoms with Gasteiger partial charge in [-0.05, 0) is 24.3 Å². The number of benzene rings is 3. The maximum Gasteiger partial charge on any atom is 0.432 e. The van der Waals surface area contributed by atoms with Gasteiger partial charge in [0.2, 0.25) is 0 Å². The minimum atomic E-state index is -2.57. The van der Waals surface area contributed by atoms with E-state index in [0.717, 1.165) is 27.4 Å². The third-order valence-corrected chi connectivity index (χ3v) is 7.83. The molecule has 4 nitrogen and oxygen atoms in total. The largest absolute Gasteiger partial charge is 0.456 e. The van der Waals surface area contributed by atoms with Crippen LogP contribution in [0.5, 0.6) is 11.5 Å². The molecule has 0 saturated carbocycles. The molecule has 1 aliphatic heterocycles. The second kappa shape index (κ2) is 6.23. The van der Waals surface area contributed by atoms with E-state index in [0.29, 0.717) is 0 Å². The molecule has 0 aliphatic carbocycles. The molecular formula is C20H16NO3P. The lowest BCUT2D eigenvalue weighted by molar-refractivity contribution is 0.183. The number of fused-ring (bicyclic) bond motifs is 2. The molecule has 1 amide bonds. The Labute approximate surface area is 146 Å². The zero-order valence-corrected chi connectivity index (χ0v) is 14.5. The van der Waals surface area contributed by atoms with E-state index in [1.54, 1.807) is 0 Å². The van der Waals surface area contributed by atoms with Gasteiger partial charge in [0.25, 0.3) is 0 Å². The van der Waals surface area contributed by atoms with E-state index in [-0.39, 0.29) is 0 Å². The van der Waals surface area contributed by atoms with Crippen molar-refractivity contribution in [2.24, 2.45) is 4.74 Å². The van der Waals surface area contributed by atoms with Gasteiger partial charge in [-0.1, -0.05) is 54.6 Å². The van der Waals surface area contributed by atoms with Crippen molar-refractivity contribution in [1.82, 2.24) is 0 Å². The highest BCUT2D eigenvalue weighted by Crippen LogP contribution is 2.54. The Morgan fingerprint density at radius 1 is 0.840 bits per heavy atom. The molecule has 0 spiro atoms. The van der Waals surface area contributed by atoms with Crippen molar-refractivity contribution in [2.45, 2.75) is 0 Å². The van der Waals surface area contributed by atoms with E-state index in [2.05, 4.69) is 4.74 Å². The van der Waals surface area contributed by atoms with E-state index in [1.807, 2.05) is 78.9 Å². The van der Waals surface area contributed by atoms with Crippen LogP contribution in [0.1, 0.15) is 0 Å². The van der Waals surface area contributed by atoms with Crippen molar-refractivity contribution < 1.29 is 14.3 Å². The quantitative estimate of drug-likeness (QED) is 0.487. The van der Waals surface area contributed by atoms with E-state index in [9.17, 15) is 4.79 Å². The minimum Gasteiger partial charge on any atom is -0.456 e. The molecule has 0 radical (unpaired) electrons. The van der Waals surface area contributed by atoms with Gasteiger partial charge in [0.15, 0.2) is 0 Å². The van der Waals surface area contributed by atoms with Crippen LogP contribution in [-0.2, 0) is 4.74 Å². The lowest BCUT2D eigenvalue weighted by Crippen LogP contribution is -2.31. The Kier molecular flexibility index (Phi) is 3.90. The predicted molar refractivity (Wildman–Crippen MR) is 100 cm³/mol. The summed E-state index contributed by atoms with van der Waals surface area (Å²) in [4.78, 5) is 12.3. The third kappa shape index (κ3) is 2.46. The first-order chi connectivity index (χ1) is 12.3. The average molecular weight is 349 g/mol. The Morgan fingerprint density at radius 2 is 1.36 bits per heavy atom.